The van der Waals surface area contributed by atoms with Crippen LogP contribution in [0.25, 0.3) is 10.9 Å². The molecule has 2 aromatic rings. The van der Waals surface area contributed by atoms with Crippen LogP contribution in [-0.2, 0) is 4.79 Å². The van der Waals surface area contributed by atoms with Gasteiger partial charge in [-0.1, -0.05) is 18.2 Å². The molecule has 104 valence electrons. The molecule has 1 aromatic heterocycles. The molecule has 1 fully saturated rings. The van der Waals surface area contributed by atoms with E-state index >= 15 is 0 Å². The van der Waals surface area contributed by atoms with Crippen LogP contribution in [0.4, 0.5) is 5.69 Å². The number of nitrogens with one attached hydrogen (secondary N) is 2. The van der Waals surface area contributed by atoms with Gasteiger partial charge in [-0.05, 0) is 37.3 Å². The van der Waals surface area contributed by atoms with E-state index in [-0.39, 0.29) is 5.91 Å². The Hall–Kier alpha value is -2.10. The number of rotatable bonds is 5. The highest BCUT2D eigenvalue weighted by atomic mass is 16.1. The summed E-state index contributed by atoms with van der Waals surface area (Å²) in [6.45, 7) is 3.16. The zero-order valence-corrected chi connectivity index (χ0v) is 11.6. The average molecular weight is 269 g/mol. The number of pyridine rings is 1. The number of para-hydroxylation sites is 1. The maximum atomic E-state index is 11.8. The Morgan fingerprint density at radius 2 is 2.20 bits per heavy atom. The molecular weight excluding hydrogens is 250 g/mol. The fourth-order valence-electron chi connectivity index (χ4n) is 2.30. The molecule has 1 aliphatic rings. The Morgan fingerprint density at radius 3 is 3.00 bits per heavy atom. The number of anilines is 1. The van der Waals surface area contributed by atoms with Crippen LogP contribution in [0.15, 0.2) is 30.5 Å². The fraction of sp³-hybridized carbons (Fsp3) is 0.375. The molecule has 0 radical (unpaired) electrons. The number of nitrogens with zero attached hydrogens (tertiary/aromatic N) is 1. The molecule has 3 rings (SSSR count). The van der Waals surface area contributed by atoms with Crippen LogP contribution in [0.1, 0.15) is 18.4 Å². The van der Waals surface area contributed by atoms with Gasteiger partial charge in [-0.3, -0.25) is 9.78 Å². The molecule has 4 heteroatoms. The molecule has 1 aromatic carbocycles. The van der Waals surface area contributed by atoms with E-state index in [4.69, 9.17) is 0 Å². The number of fused-ring (bicyclic) bond motifs is 1. The zero-order chi connectivity index (χ0) is 13.9. The summed E-state index contributed by atoms with van der Waals surface area (Å²) < 4.78 is 0. The third-order valence-electron chi connectivity index (χ3n) is 3.70. The highest BCUT2D eigenvalue weighted by Crippen LogP contribution is 2.27. The summed E-state index contributed by atoms with van der Waals surface area (Å²) in [6.07, 6.45) is 4.28. The molecule has 20 heavy (non-hydrogen) atoms. The van der Waals surface area contributed by atoms with Gasteiger partial charge in [-0.2, -0.15) is 0 Å². The van der Waals surface area contributed by atoms with E-state index in [1.807, 2.05) is 31.2 Å². The predicted molar refractivity (Wildman–Crippen MR) is 80.7 cm³/mol. The van der Waals surface area contributed by atoms with Crippen molar-refractivity contribution in [3.05, 3.63) is 36.0 Å². The van der Waals surface area contributed by atoms with E-state index in [0.29, 0.717) is 12.5 Å². The molecule has 1 heterocycles. The van der Waals surface area contributed by atoms with E-state index in [9.17, 15) is 4.79 Å². The van der Waals surface area contributed by atoms with Gasteiger partial charge in [0, 0.05) is 23.8 Å². The van der Waals surface area contributed by atoms with Crippen molar-refractivity contribution < 1.29 is 4.79 Å². The number of aryl methyl sites for hydroxylation is 1. The summed E-state index contributed by atoms with van der Waals surface area (Å²) in [5.74, 6) is 0.762. The Kier molecular flexibility index (Phi) is 3.54. The van der Waals surface area contributed by atoms with Crippen LogP contribution < -0.4 is 10.6 Å². The van der Waals surface area contributed by atoms with Crippen molar-refractivity contribution in [3.8, 4) is 0 Å². The zero-order valence-electron chi connectivity index (χ0n) is 11.6. The Balaban J connectivity index is 1.67. The lowest BCUT2D eigenvalue weighted by Gasteiger charge is -2.10. The fourth-order valence-corrected chi connectivity index (χ4v) is 2.30. The highest BCUT2D eigenvalue weighted by Gasteiger charge is 2.21. The molecular formula is C16H19N3O. The van der Waals surface area contributed by atoms with Crippen LogP contribution in [0.5, 0.6) is 0 Å². The summed E-state index contributed by atoms with van der Waals surface area (Å²) >= 11 is 0. The number of hydrogen-bond acceptors (Lipinski definition) is 3. The molecule has 0 saturated heterocycles. The maximum Gasteiger partial charge on any atom is 0.239 e. The number of carbonyl (C=O) groups is 1. The van der Waals surface area contributed by atoms with Gasteiger partial charge >= 0.3 is 0 Å². The van der Waals surface area contributed by atoms with E-state index in [2.05, 4.69) is 15.6 Å². The molecule has 1 aliphatic carbocycles. The number of carbonyl (C=O) groups excluding carboxylic acids is 1. The highest BCUT2D eigenvalue weighted by molar-refractivity contribution is 5.94. The Labute approximate surface area is 118 Å². The van der Waals surface area contributed by atoms with Gasteiger partial charge in [0.2, 0.25) is 5.91 Å². The minimum absolute atomic E-state index is 0.0505. The second-order valence-corrected chi connectivity index (χ2v) is 5.43. The molecule has 1 amide bonds. The van der Waals surface area contributed by atoms with Gasteiger partial charge in [0.15, 0.2) is 0 Å². The maximum absolute atomic E-state index is 11.8. The van der Waals surface area contributed by atoms with Gasteiger partial charge in [-0.25, -0.2) is 0 Å². The monoisotopic (exact) mass is 269 g/mol. The van der Waals surface area contributed by atoms with Crippen molar-refractivity contribution in [2.45, 2.75) is 19.8 Å². The second-order valence-electron chi connectivity index (χ2n) is 5.43. The van der Waals surface area contributed by atoms with E-state index in [0.717, 1.165) is 28.7 Å². The van der Waals surface area contributed by atoms with Crippen molar-refractivity contribution in [2.75, 3.05) is 18.4 Å². The molecule has 0 bridgehead atoms. The summed E-state index contributed by atoms with van der Waals surface area (Å²) in [5, 5.41) is 7.22. The van der Waals surface area contributed by atoms with Gasteiger partial charge in [0.1, 0.15) is 0 Å². The van der Waals surface area contributed by atoms with E-state index < -0.39 is 0 Å². The normalized spacial score (nSPS) is 14.2. The van der Waals surface area contributed by atoms with Crippen LogP contribution in [0, 0.1) is 12.8 Å². The lowest BCUT2D eigenvalue weighted by Crippen LogP contribution is -2.31. The average Bonchev–Trinajstić information content (AvgIpc) is 3.27. The number of hydrogen-bond donors (Lipinski definition) is 2. The smallest absolute Gasteiger partial charge is 0.239 e. The Bertz CT molecular complexity index is 635. The number of amides is 1. The molecule has 0 spiro atoms. The largest absolute Gasteiger partial charge is 0.376 e. The quantitative estimate of drug-likeness (QED) is 0.876. The number of aromatic nitrogens is 1. The van der Waals surface area contributed by atoms with Crippen LogP contribution in [0.2, 0.25) is 0 Å². The third kappa shape index (κ3) is 2.90. The van der Waals surface area contributed by atoms with Crippen molar-refractivity contribution >= 4 is 22.5 Å². The minimum atomic E-state index is 0.0505. The van der Waals surface area contributed by atoms with E-state index in [1.165, 1.54) is 12.8 Å². The summed E-state index contributed by atoms with van der Waals surface area (Å²) in [5.41, 5.74) is 3.08. The van der Waals surface area contributed by atoms with Gasteiger partial charge in [-0.15, -0.1) is 0 Å². The molecule has 0 unspecified atom stereocenters. The topological polar surface area (TPSA) is 54.0 Å². The van der Waals surface area contributed by atoms with Gasteiger partial charge < -0.3 is 10.6 Å². The standard InChI is InChI=1S/C16H19N3O/c1-11-3-2-4-13-14(7-8-17-16(11)13)18-10-15(20)19-9-12-5-6-12/h2-4,7-8,12H,5-6,9-10H2,1H3,(H,17,18)(H,19,20). The van der Waals surface area contributed by atoms with Crippen molar-refractivity contribution in [1.29, 1.82) is 0 Å². The van der Waals surface area contributed by atoms with Crippen molar-refractivity contribution in [1.82, 2.24) is 10.3 Å². The first-order chi connectivity index (χ1) is 9.74. The molecule has 2 N–H and O–H groups in total. The molecule has 1 saturated carbocycles. The molecule has 0 aliphatic heterocycles. The van der Waals surface area contributed by atoms with Crippen LogP contribution >= 0.6 is 0 Å². The summed E-state index contributed by atoms with van der Waals surface area (Å²) in [6, 6.07) is 7.99. The lowest BCUT2D eigenvalue weighted by atomic mass is 10.1. The lowest BCUT2D eigenvalue weighted by molar-refractivity contribution is -0.119. The number of benzene rings is 1. The van der Waals surface area contributed by atoms with Gasteiger partial charge in [0.25, 0.3) is 0 Å². The van der Waals surface area contributed by atoms with Gasteiger partial charge in [0.05, 0.1) is 12.1 Å². The van der Waals surface area contributed by atoms with Crippen molar-refractivity contribution in [3.63, 3.8) is 0 Å². The SMILES string of the molecule is Cc1cccc2c(NCC(=O)NCC3CC3)ccnc12. The van der Waals surface area contributed by atoms with E-state index in [1.54, 1.807) is 6.20 Å². The van der Waals surface area contributed by atoms with Crippen molar-refractivity contribution in [2.24, 2.45) is 5.92 Å². The van der Waals surface area contributed by atoms with Crippen LogP contribution in [0.3, 0.4) is 0 Å². The summed E-state index contributed by atoms with van der Waals surface area (Å²) in [4.78, 5) is 16.2. The first kappa shape index (κ1) is 12.9. The minimum Gasteiger partial charge on any atom is -0.376 e. The molecule has 0 atom stereocenters. The summed E-state index contributed by atoms with van der Waals surface area (Å²) in [7, 11) is 0. The predicted octanol–water partition coefficient (Wildman–Crippen LogP) is 2.48. The molecule has 4 nitrogen and oxygen atoms in total. The second kappa shape index (κ2) is 5.49. The first-order valence-corrected chi connectivity index (χ1v) is 7.09. The Morgan fingerprint density at radius 1 is 1.35 bits per heavy atom. The first-order valence-electron chi connectivity index (χ1n) is 7.09. The van der Waals surface area contributed by atoms with Crippen LogP contribution in [-0.4, -0.2) is 24.0 Å². The third-order valence-corrected chi connectivity index (χ3v) is 3.70.